The predicted octanol–water partition coefficient (Wildman–Crippen LogP) is 4.11. The molecule has 1 aromatic carbocycles. The van der Waals surface area contributed by atoms with Crippen molar-refractivity contribution < 1.29 is 4.79 Å². The van der Waals surface area contributed by atoms with Gasteiger partial charge in [-0.3, -0.25) is 14.5 Å². The van der Waals surface area contributed by atoms with E-state index in [4.69, 9.17) is 12.2 Å². The molecule has 5 nitrogen and oxygen atoms in total. The van der Waals surface area contributed by atoms with Crippen molar-refractivity contribution in [3.05, 3.63) is 58.2 Å². The first-order chi connectivity index (χ1) is 11.6. The summed E-state index contributed by atoms with van der Waals surface area (Å²) in [4.78, 5) is 13.7. The molecule has 0 spiro atoms. The maximum absolute atomic E-state index is 12.7. The van der Waals surface area contributed by atoms with Crippen LogP contribution in [0.2, 0.25) is 0 Å². The van der Waals surface area contributed by atoms with E-state index in [2.05, 4.69) is 15.5 Å². The number of thiophene rings is 1. The third-order valence-corrected chi connectivity index (χ3v) is 5.02. The lowest BCUT2D eigenvalue weighted by atomic mass is 10.1. The molecule has 0 saturated heterocycles. The minimum Gasteiger partial charge on any atom is -0.348 e. The molecule has 3 aromatic rings. The molecular weight excluding hydrogens is 340 g/mol. The number of hydrogen-bond donors (Lipinski definition) is 2. The molecule has 7 heteroatoms. The van der Waals surface area contributed by atoms with Crippen molar-refractivity contribution in [1.29, 1.82) is 0 Å². The number of hydrogen-bond acceptors (Lipinski definition) is 4. The summed E-state index contributed by atoms with van der Waals surface area (Å²) in [6.45, 7) is 3.80. The average Bonchev–Trinajstić information content (AvgIpc) is 3.24. The molecule has 2 aromatic heterocycles. The highest BCUT2D eigenvalue weighted by molar-refractivity contribution is 7.71. The lowest BCUT2D eigenvalue weighted by molar-refractivity contribution is -0.124. The Balaban J connectivity index is 1.82. The maximum Gasteiger partial charge on any atom is 0.243 e. The van der Waals surface area contributed by atoms with Crippen molar-refractivity contribution >= 4 is 29.5 Å². The number of nitrogens with zero attached hydrogens (tertiary/aromatic N) is 2. The van der Waals surface area contributed by atoms with Gasteiger partial charge in [0.1, 0.15) is 6.04 Å². The molecule has 0 fully saturated rings. The van der Waals surface area contributed by atoms with Crippen LogP contribution < -0.4 is 5.32 Å². The van der Waals surface area contributed by atoms with Gasteiger partial charge in [0.25, 0.3) is 0 Å². The average molecular weight is 358 g/mol. The topological polar surface area (TPSA) is 62.7 Å². The van der Waals surface area contributed by atoms with Crippen molar-refractivity contribution in [2.75, 3.05) is 0 Å². The molecule has 0 aliphatic rings. The Morgan fingerprint density at radius 3 is 2.67 bits per heavy atom. The van der Waals surface area contributed by atoms with Crippen LogP contribution in [-0.2, 0) is 4.79 Å². The van der Waals surface area contributed by atoms with Crippen LogP contribution in [0.15, 0.2) is 47.8 Å². The van der Waals surface area contributed by atoms with E-state index in [1.54, 1.807) is 15.9 Å². The van der Waals surface area contributed by atoms with E-state index in [1.165, 1.54) is 0 Å². The van der Waals surface area contributed by atoms with Gasteiger partial charge in [-0.25, -0.2) is 0 Å². The minimum atomic E-state index is -0.459. The van der Waals surface area contributed by atoms with Crippen molar-refractivity contribution in [3.8, 4) is 10.7 Å². The number of H-pyrrole nitrogens is 1. The van der Waals surface area contributed by atoms with Crippen LogP contribution in [0, 0.1) is 4.77 Å². The molecule has 0 aliphatic heterocycles. The van der Waals surface area contributed by atoms with E-state index >= 15 is 0 Å². The monoisotopic (exact) mass is 358 g/mol. The number of aromatic amines is 1. The molecule has 1 amide bonds. The van der Waals surface area contributed by atoms with Gasteiger partial charge in [0, 0.05) is 0 Å². The Kier molecular flexibility index (Phi) is 4.92. The summed E-state index contributed by atoms with van der Waals surface area (Å²) < 4.78 is 2.20. The van der Waals surface area contributed by atoms with Crippen molar-refractivity contribution in [2.45, 2.75) is 25.9 Å². The van der Waals surface area contributed by atoms with E-state index in [-0.39, 0.29) is 11.9 Å². The molecule has 0 saturated carbocycles. The third-order valence-electron chi connectivity index (χ3n) is 3.87. The van der Waals surface area contributed by atoms with Crippen LogP contribution in [-0.4, -0.2) is 20.7 Å². The first-order valence-electron chi connectivity index (χ1n) is 7.64. The molecule has 0 unspecified atom stereocenters. The molecule has 24 heavy (non-hydrogen) atoms. The quantitative estimate of drug-likeness (QED) is 0.675. The number of amides is 1. The lowest BCUT2D eigenvalue weighted by Crippen LogP contribution is -2.33. The van der Waals surface area contributed by atoms with E-state index in [0.717, 1.165) is 10.4 Å². The Bertz CT molecular complexity index is 868. The fraction of sp³-hybridized carbons (Fsp3) is 0.235. The van der Waals surface area contributed by atoms with Gasteiger partial charge in [-0.1, -0.05) is 36.4 Å². The maximum atomic E-state index is 12.7. The van der Waals surface area contributed by atoms with E-state index in [1.807, 2.05) is 61.7 Å². The zero-order chi connectivity index (χ0) is 17.1. The van der Waals surface area contributed by atoms with Crippen LogP contribution in [0.5, 0.6) is 0 Å². The fourth-order valence-electron chi connectivity index (χ4n) is 2.52. The van der Waals surface area contributed by atoms with Crippen LogP contribution in [0.25, 0.3) is 10.7 Å². The summed E-state index contributed by atoms with van der Waals surface area (Å²) in [5.74, 6) is 0.590. The Hall–Kier alpha value is -2.25. The highest BCUT2D eigenvalue weighted by Crippen LogP contribution is 2.26. The highest BCUT2D eigenvalue weighted by Gasteiger charge is 2.22. The minimum absolute atomic E-state index is 0.0765. The van der Waals surface area contributed by atoms with Crippen LogP contribution in [0.4, 0.5) is 0 Å². The molecular formula is C17H18N4OS2. The van der Waals surface area contributed by atoms with Crippen LogP contribution >= 0.6 is 23.6 Å². The summed E-state index contributed by atoms with van der Waals surface area (Å²) in [7, 11) is 0. The number of rotatable bonds is 5. The molecule has 124 valence electrons. The smallest absolute Gasteiger partial charge is 0.243 e. The van der Waals surface area contributed by atoms with Crippen molar-refractivity contribution in [1.82, 2.24) is 20.1 Å². The third kappa shape index (κ3) is 3.32. The summed E-state index contributed by atoms with van der Waals surface area (Å²) in [6, 6.07) is 13.2. The summed E-state index contributed by atoms with van der Waals surface area (Å²) in [5, 5.41) is 12.1. The second-order valence-corrected chi connectivity index (χ2v) is 6.85. The zero-order valence-corrected chi connectivity index (χ0v) is 15.0. The molecule has 0 radical (unpaired) electrons. The van der Waals surface area contributed by atoms with Gasteiger partial charge in [0.2, 0.25) is 5.91 Å². The predicted molar refractivity (Wildman–Crippen MR) is 98.4 cm³/mol. The summed E-state index contributed by atoms with van der Waals surface area (Å²) in [5.41, 5.74) is 1.06. The molecule has 2 atom stereocenters. The van der Waals surface area contributed by atoms with E-state index < -0.39 is 6.04 Å². The molecule has 3 rings (SSSR count). The number of aromatic nitrogens is 3. The molecule has 2 heterocycles. The second kappa shape index (κ2) is 7.11. The lowest BCUT2D eigenvalue weighted by Gasteiger charge is -2.19. The largest absolute Gasteiger partial charge is 0.348 e. The van der Waals surface area contributed by atoms with E-state index in [9.17, 15) is 4.79 Å². The Labute approximate surface area is 149 Å². The van der Waals surface area contributed by atoms with Crippen molar-refractivity contribution in [3.63, 3.8) is 0 Å². The summed E-state index contributed by atoms with van der Waals surface area (Å²) in [6.07, 6.45) is 0. The van der Waals surface area contributed by atoms with Gasteiger partial charge in [0.05, 0.1) is 10.9 Å². The standard InChI is InChI=1S/C17H18N4OS2/c1-11(13-7-4-3-5-8-13)18-16(22)12(2)21-15(19-20-17(21)23)14-9-6-10-24-14/h3-12H,1-2H3,(H,18,22)(H,20,23)/t11-,12+/m0/s1. The zero-order valence-electron chi connectivity index (χ0n) is 13.4. The number of carbonyl (C=O) groups excluding carboxylic acids is 1. The SMILES string of the molecule is C[C@H](NC(=O)[C@@H](C)n1c(-c2cccs2)n[nH]c1=S)c1ccccc1. The highest BCUT2D eigenvalue weighted by atomic mass is 32.1. The molecule has 2 N–H and O–H groups in total. The van der Waals surface area contributed by atoms with Crippen LogP contribution in [0.3, 0.4) is 0 Å². The molecule has 0 bridgehead atoms. The van der Waals surface area contributed by atoms with Gasteiger partial charge in [-0.2, -0.15) is 5.10 Å². The number of nitrogens with one attached hydrogen (secondary N) is 2. The summed E-state index contributed by atoms with van der Waals surface area (Å²) >= 11 is 6.88. The van der Waals surface area contributed by atoms with Gasteiger partial charge in [0.15, 0.2) is 10.6 Å². The number of benzene rings is 1. The van der Waals surface area contributed by atoms with Gasteiger partial charge in [-0.15, -0.1) is 11.3 Å². The van der Waals surface area contributed by atoms with Crippen molar-refractivity contribution in [2.24, 2.45) is 0 Å². The second-order valence-electron chi connectivity index (χ2n) is 5.52. The molecule has 0 aliphatic carbocycles. The Morgan fingerprint density at radius 2 is 2.00 bits per heavy atom. The fourth-order valence-corrected chi connectivity index (χ4v) is 3.52. The van der Waals surface area contributed by atoms with E-state index in [0.29, 0.717) is 10.6 Å². The number of carbonyl (C=O) groups is 1. The Morgan fingerprint density at radius 1 is 1.25 bits per heavy atom. The normalized spacial score (nSPS) is 13.4. The van der Waals surface area contributed by atoms with Gasteiger partial charge in [-0.05, 0) is 43.1 Å². The first-order valence-corrected chi connectivity index (χ1v) is 8.93. The first kappa shape index (κ1) is 16.6. The van der Waals surface area contributed by atoms with Gasteiger partial charge < -0.3 is 5.32 Å². The van der Waals surface area contributed by atoms with Gasteiger partial charge >= 0.3 is 0 Å². The van der Waals surface area contributed by atoms with Crippen LogP contribution in [0.1, 0.15) is 31.5 Å².